The van der Waals surface area contributed by atoms with E-state index in [9.17, 15) is 4.79 Å². The van der Waals surface area contributed by atoms with Crippen LogP contribution in [0.25, 0.3) is 0 Å². The molecule has 1 amide bonds. The van der Waals surface area contributed by atoms with Crippen molar-refractivity contribution in [2.75, 3.05) is 18.5 Å². The predicted octanol–water partition coefficient (Wildman–Crippen LogP) is 3.89. The fourth-order valence-electron chi connectivity index (χ4n) is 3.46. The van der Waals surface area contributed by atoms with E-state index in [4.69, 9.17) is 4.74 Å². The second kappa shape index (κ2) is 9.04. The maximum absolute atomic E-state index is 12.5. The lowest BCUT2D eigenvalue weighted by atomic mass is 9.93. The second-order valence-electron chi connectivity index (χ2n) is 6.10. The van der Waals surface area contributed by atoms with Crippen LogP contribution in [0.15, 0.2) is 0 Å². The van der Waals surface area contributed by atoms with Gasteiger partial charge in [0, 0.05) is 30.9 Å². The van der Waals surface area contributed by atoms with Gasteiger partial charge in [0.1, 0.15) is 0 Å². The molecule has 3 nitrogen and oxygen atoms in total. The minimum Gasteiger partial charge on any atom is -0.378 e. The topological polar surface area (TPSA) is 29.5 Å². The van der Waals surface area contributed by atoms with Gasteiger partial charge >= 0.3 is 0 Å². The Kier molecular flexibility index (Phi) is 7.36. The highest BCUT2D eigenvalue weighted by Crippen LogP contribution is 2.24. The number of alkyl halides is 1. The molecule has 116 valence electrons. The second-order valence-corrected chi connectivity index (χ2v) is 6.89. The van der Waals surface area contributed by atoms with Crippen LogP contribution in [0.2, 0.25) is 0 Å². The third-order valence-corrected chi connectivity index (χ3v) is 4.97. The highest BCUT2D eigenvalue weighted by molar-refractivity contribution is 9.09. The van der Waals surface area contributed by atoms with E-state index in [0.29, 0.717) is 24.5 Å². The molecule has 1 saturated heterocycles. The Balaban J connectivity index is 1.79. The quantitative estimate of drug-likeness (QED) is 0.683. The molecule has 2 aliphatic rings. The van der Waals surface area contributed by atoms with Crippen molar-refractivity contribution in [2.45, 2.75) is 76.4 Å². The van der Waals surface area contributed by atoms with Crippen molar-refractivity contribution in [1.82, 2.24) is 4.90 Å². The van der Waals surface area contributed by atoms with Gasteiger partial charge in [-0.3, -0.25) is 4.79 Å². The third-order valence-electron chi connectivity index (χ3n) is 4.62. The van der Waals surface area contributed by atoms with Gasteiger partial charge in [0.15, 0.2) is 0 Å². The molecule has 0 N–H and O–H groups in total. The largest absolute Gasteiger partial charge is 0.378 e. The first-order valence-corrected chi connectivity index (χ1v) is 9.40. The summed E-state index contributed by atoms with van der Waals surface area (Å²) >= 11 is 3.49. The van der Waals surface area contributed by atoms with Gasteiger partial charge in [-0.1, -0.05) is 35.2 Å². The molecule has 1 aliphatic carbocycles. The number of carbonyl (C=O) groups excluding carboxylic acids is 1. The van der Waals surface area contributed by atoms with Crippen LogP contribution in [-0.2, 0) is 9.53 Å². The van der Waals surface area contributed by atoms with Crippen molar-refractivity contribution in [3.05, 3.63) is 0 Å². The molecule has 2 fully saturated rings. The van der Waals surface area contributed by atoms with E-state index in [1.165, 1.54) is 44.9 Å². The number of halogens is 1. The zero-order valence-electron chi connectivity index (χ0n) is 12.5. The molecule has 0 radical (unpaired) electrons. The summed E-state index contributed by atoms with van der Waals surface area (Å²) in [5.74, 6) is 0.338. The van der Waals surface area contributed by atoms with E-state index in [1.807, 2.05) is 0 Å². The van der Waals surface area contributed by atoms with E-state index in [-0.39, 0.29) is 0 Å². The summed E-state index contributed by atoms with van der Waals surface area (Å²) in [5.41, 5.74) is 0. The number of hydrogen-bond donors (Lipinski definition) is 0. The summed E-state index contributed by atoms with van der Waals surface area (Å²) in [6, 6.07) is 0.487. The maximum Gasteiger partial charge on any atom is 0.222 e. The van der Waals surface area contributed by atoms with Gasteiger partial charge in [-0.05, 0) is 38.5 Å². The van der Waals surface area contributed by atoms with Gasteiger partial charge in [0.2, 0.25) is 5.91 Å². The molecule has 1 aliphatic heterocycles. The van der Waals surface area contributed by atoms with Crippen molar-refractivity contribution in [1.29, 1.82) is 0 Å². The smallest absolute Gasteiger partial charge is 0.222 e. The van der Waals surface area contributed by atoms with Gasteiger partial charge in [-0.2, -0.15) is 0 Å². The Morgan fingerprint density at radius 1 is 1.10 bits per heavy atom. The minimum atomic E-state index is 0.324. The molecule has 0 aromatic heterocycles. The molecule has 1 saturated carbocycles. The lowest BCUT2D eigenvalue weighted by molar-refractivity contribution is -0.134. The Labute approximate surface area is 131 Å². The highest BCUT2D eigenvalue weighted by Gasteiger charge is 2.25. The first-order valence-electron chi connectivity index (χ1n) is 8.28. The minimum absolute atomic E-state index is 0.324. The van der Waals surface area contributed by atoms with Crippen LogP contribution in [0.5, 0.6) is 0 Å². The van der Waals surface area contributed by atoms with Crippen molar-refractivity contribution < 1.29 is 9.53 Å². The molecule has 1 heterocycles. The van der Waals surface area contributed by atoms with Crippen LogP contribution in [0, 0.1) is 0 Å². The van der Waals surface area contributed by atoms with Crippen molar-refractivity contribution in [2.24, 2.45) is 0 Å². The van der Waals surface area contributed by atoms with E-state index in [1.54, 1.807) is 0 Å². The van der Waals surface area contributed by atoms with Gasteiger partial charge < -0.3 is 9.64 Å². The van der Waals surface area contributed by atoms with Crippen LogP contribution in [0.1, 0.15) is 64.2 Å². The summed E-state index contributed by atoms with van der Waals surface area (Å²) in [5, 5.41) is 0.884. The number of nitrogens with zero attached hydrogens (tertiary/aromatic N) is 1. The average Bonchev–Trinajstić information content (AvgIpc) is 2.52. The molecule has 0 aromatic rings. The van der Waals surface area contributed by atoms with Gasteiger partial charge in [0.05, 0.1) is 6.10 Å². The summed E-state index contributed by atoms with van der Waals surface area (Å²) < 4.78 is 5.73. The van der Waals surface area contributed by atoms with E-state index in [0.717, 1.165) is 31.3 Å². The normalized spacial score (nSPS) is 24.6. The molecular formula is C16H28BrNO2. The number of rotatable bonds is 6. The Hall–Kier alpha value is -0.0900. The van der Waals surface area contributed by atoms with E-state index in [2.05, 4.69) is 20.8 Å². The maximum atomic E-state index is 12.5. The highest BCUT2D eigenvalue weighted by atomic mass is 79.9. The molecule has 0 bridgehead atoms. The van der Waals surface area contributed by atoms with Crippen LogP contribution < -0.4 is 0 Å². The molecule has 0 spiro atoms. The lowest BCUT2D eigenvalue weighted by Crippen LogP contribution is -2.42. The lowest BCUT2D eigenvalue weighted by Gasteiger charge is -2.34. The fourth-order valence-corrected chi connectivity index (χ4v) is 3.84. The Morgan fingerprint density at radius 3 is 2.50 bits per heavy atom. The molecule has 1 unspecified atom stereocenters. The SMILES string of the molecule is O=C(CCC1CCCCO1)N(CCBr)C1CCCCC1. The van der Waals surface area contributed by atoms with Crippen LogP contribution in [0.4, 0.5) is 0 Å². The third kappa shape index (κ3) is 5.03. The molecule has 0 aromatic carbocycles. The van der Waals surface area contributed by atoms with Crippen molar-refractivity contribution in [3.8, 4) is 0 Å². The molecular weight excluding hydrogens is 318 g/mol. The van der Waals surface area contributed by atoms with Gasteiger partial charge in [0.25, 0.3) is 0 Å². The summed E-state index contributed by atoms with van der Waals surface area (Å²) in [6.07, 6.45) is 11.7. The van der Waals surface area contributed by atoms with Crippen molar-refractivity contribution >= 4 is 21.8 Å². The van der Waals surface area contributed by atoms with E-state index < -0.39 is 0 Å². The first-order chi connectivity index (χ1) is 9.81. The monoisotopic (exact) mass is 345 g/mol. The fraction of sp³-hybridized carbons (Fsp3) is 0.938. The zero-order chi connectivity index (χ0) is 14.2. The first kappa shape index (κ1) is 16.3. The Morgan fingerprint density at radius 2 is 1.85 bits per heavy atom. The summed E-state index contributed by atoms with van der Waals surface area (Å²) in [7, 11) is 0. The van der Waals surface area contributed by atoms with Crippen LogP contribution in [-0.4, -0.2) is 41.4 Å². The predicted molar refractivity (Wildman–Crippen MR) is 85.2 cm³/mol. The number of amides is 1. The molecule has 4 heteroatoms. The van der Waals surface area contributed by atoms with Crippen LogP contribution in [0.3, 0.4) is 0 Å². The van der Waals surface area contributed by atoms with Gasteiger partial charge in [-0.25, -0.2) is 0 Å². The van der Waals surface area contributed by atoms with E-state index >= 15 is 0 Å². The van der Waals surface area contributed by atoms with Gasteiger partial charge in [-0.15, -0.1) is 0 Å². The zero-order valence-corrected chi connectivity index (χ0v) is 14.1. The Bertz CT molecular complexity index is 286. The standard InChI is InChI=1S/C16H28BrNO2/c17-11-12-18(14-6-2-1-3-7-14)16(19)10-9-15-8-4-5-13-20-15/h14-15H,1-13H2. The molecule has 20 heavy (non-hydrogen) atoms. The molecule has 2 rings (SSSR count). The average molecular weight is 346 g/mol. The number of ether oxygens (including phenoxy) is 1. The van der Waals surface area contributed by atoms with Crippen LogP contribution >= 0.6 is 15.9 Å². The van der Waals surface area contributed by atoms with Crippen molar-refractivity contribution in [3.63, 3.8) is 0 Å². The summed E-state index contributed by atoms with van der Waals surface area (Å²) in [6.45, 7) is 1.74. The number of carbonyl (C=O) groups is 1. The molecule has 1 atom stereocenters. The number of hydrogen-bond acceptors (Lipinski definition) is 2. The summed E-state index contributed by atoms with van der Waals surface area (Å²) in [4.78, 5) is 14.7.